The average molecular weight is 475 g/mol. The van der Waals surface area contributed by atoms with Crippen LogP contribution in [0.1, 0.15) is 24.4 Å². The Labute approximate surface area is 196 Å². The number of rotatable bonds is 7. The number of aliphatic hydroxyl groups excluding tert-OH is 1. The summed E-state index contributed by atoms with van der Waals surface area (Å²) in [6.45, 7) is 1.99. The molecule has 3 N–H and O–H groups in total. The van der Waals surface area contributed by atoms with E-state index in [0.29, 0.717) is 27.8 Å². The van der Waals surface area contributed by atoms with Gasteiger partial charge in [-0.15, -0.1) is 10.2 Å². The molecule has 0 saturated carbocycles. The summed E-state index contributed by atoms with van der Waals surface area (Å²) in [4.78, 5) is 3.34. The summed E-state index contributed by atoms with van der Waals surface area (Å²) >= 11 is 6.33. The van der Waals surface area contributed by atoms with E-state index in [0.717, 1.165) is 5.69 Å². The zero-order chi connectivity index (χ0) is 23.8. The van der Waals surface area contributed by atoms with Gasteiger partial charge in [-0.05, 0) is 48.5 Å². The van der Waals surface area contributed by atoms with Crippen LogP contribution in [0.15, 0.2) is 42.5 Å². The summed E-state index contributed by atoms with van der Waals surface area (Å²) in [5.41, 5.74) is 6.87. The smallest absolute Gasteiger partial charge is 0.199 e. The number of hydrogen-bond acceptors (Lipinski definition) is 9. The van der Waals surface area contributed by atoms with Crippen molar-refractivity contribution in [1.82, 2.24) is 20.2 Å². The molecule has 33 heavy (non-hydrogen) atoms. The topological polar surface area (TPSA) is 121 Å². The van der Waals surface area contributed by atoms with E-state index >= 15 is 0 Å². The van der Waals surface area contributed by atoms with E-state index in [1.165, 1.54) is 19.0 Å². The number of aryl methyl sites for hydroxylation is 1. The van der Waals surface area contributed by atoms with E-state index in [-0.39, 0.29) is 6.54 Å². The first kappa shape index (κ1) is 23.2. The lowest BCUT2D eigenvalue weighted by Gasteiger charge is -2.49. The highest BCUT2D eigenvalue weighted by Gasteiger charge is 2.54. The number of nitrogens with zero attached hydrogens (tertiary/aromatic N) is 5. The zero-order valence-corrected chi connectivity index (χ0v) is 19.6. The van der Waals surface area contributed by atoms with Crippen molar-refractivity contribution in [2.75, 3.05) is 24.9 Å². The fourth-order valence-electron chi connectivity index (χ4n) is 4.31. The third-order valence-electron chi connectivity index (χ3n) is 5.80. The third kappa shape index (κ3) is 4.34. The lowest BCUT2D eigenvalue weighted by atomic mass is 9.83. The van der Waals surface area contributed by atoms with Gasteiger partial charge < -0.3 is 30.0 Å². The molecule has 1 aliphatic rings. The number of halogens is 1. The molecule has 1 aliphatic heterocycles. The van der Waals surface area contributed by atoms with Gasteiger partial charge in [-0.2, -0.15) is 4.80 Å². The molecule has 2 aromatic carbocycles. The molecular formula is C22H27ClN6O4. The average Bonchev–Trinajstić information content (AvgIpc) is 3.19. The van der Waals surface area contributed by atoms with Crippen molar-refractivity contribution in [3.05, 3.63) is 58.9 Å². The van der Waals surface area contributed by atoms with Crippen LogP contribution in [0.25, 0.3) is 0 Å². The Morgan fingerprint density at radius 2 is 2.03 bits per heavy atom. The van der Waals surface area contributed by atoms with Gasteiger partial charge in [0.15, 0.2) is 17.7 Å². The third-order valence-corrected chi connectivity index (χ3v) is 6.04. The molecule has 0 saturated heterocycles. The van der Waals surface area contributed by atoms with Gasteiger partial charge in [-0.3, -0.25) is 0 Å². The Kier molecular flexibility index (Phi) is 6.44. The largest absolute Gasteiger partial charge is 0.479 e. The number of benzene rings is 2. The van der Waals surface area contributed by atoms with Crippen LogP contribution < -0.4 is 15.4 Å². The van der Waals surface area contributed by atoms with Gasteiger partial charge in [0.05, 0.1) is 19.6 Å². The molecule has 3 aromatic rings. The number of hydrogen-bond donors (Lipinski definition) is 2. The predicted molar refractivity (Wildman–Crippen MR) is 123 cm³/mol. The minimum absolute atomic E-state index is 0.241. The van der Waals surface area contributed by atoms with Crippen LogP contribution in [0.4, 0.5) is 11.4 Å². The number of aromatic nitrogens is 4. The SMILES string of the molecule is COC(OC)C1(C)Oc2ccc(N)cc2[C@@H](N(Cc2nnn(C)n2)c2cccc(Cl)c2)[C@@H]1O. The second-order valence-corrected chi connectivity index (χ2v) is 8.52. The first-order valence-corrected chi connectivity index (χ1v) is 10.7. The number of ether oxygens (including phenoxy) is 3. The van der Waals surface area contributed by atoms with E-state index < -0.39 is 24.0 Å². The zero-order valence-electron chi connectivity index (χ0n) is 18.8. The van der Waals surface area contributed by atoms with E-state index in [9.17, 15) is 5.11 Å². The highest BCUT2D eigenvalue weighted by Crippen LogP contribution is 2.47. The maximum absolute atomic E-state index is 11.8. The molecule has 0 spiro atoms. The van der Waals surface area contributed by atoms with Crippen LogP contribution >= 0.6 is 11.6 Å². The van der Waals surface area contributed by atoms with Crippen molar-refractivity contribution in [1.29, 1.82) is 0 Å². The Balaban J connectivity index is 1.90. The molecule has 1 unspecified atom stereocenters. The summed E-state index contributed by atoms with van der Waals surface area (Å²) in [7, 11) is 4.70. The first-order valence-electron chi connectivity index (χ1n) is 10.3. The lowest BCUT2D eigenvalue weighted by Crippen LogP contribution is -2.62. The van der Waals surface area contributed by atoms with E-state index in [4.69, 9.17) is 31.5 Å². The normalized spacial score (nSPS) is 22.2. The number of anilines is 2. The van der Waals surface area contributed by atoms with Gasteiger partial charge in [-0.25, -0.2) is 0 Å². The van der Waals surface area contributed by atoms with Crippen molar-refractivity contribution in [3.63, 3.8) is 0 Å². The maximum Gasteiger partial charge on any atom is 0.199 e. The van der Waals surface area contributed by atoms with Gasteiger partial charge >= 0.3 is 0 Å². The maximum atomic E-state index is 11.8. The summed E-state index contributed by atoms with van der Waals surface area (Å²) in [5.74, 6) is 1.03. The van der Waals surface area contributed by atoms with E-state index in [1.54, 1.807) is 38.2 Å². The van der Waals surface area contributed by atoms with Gasteiger partial charge in [0.1, 0.15) is 11.9 Å². The molecule has 10 nitrogen and oxygen atoms in total. The Morgan fingerprint density at radius 3 is 2.67 bits per heavy atom. The van der Waals surface area contributed by atoms with E-state index in [1.807, 2.05) is 23.1 Å². The van der Waals surface area contributed by atoms with E-state index in [2.05, 4.69) is 15.4 Å². The Morgan fingerprint density at radius 1 is 1.27 bits per heavy atom. The molecule has 0 fully saturated rings. The number of methoxy groups -OCH3 is 2. The van der Waals surface area contributed by atoms with Crippen molar-refractivity contribution in [3.8, 4) is 5.75 Å². The molecule has 3 atom stereocenters. The number of nitrogens with two attached hydrogens (primary N) is 1. The molecule has 176 valence electrons. The minimum Gasteiger partial charge on any atom is -0.479 e. The fraction of sp³-hybridized carbons (Fsp3) is 0.409. The molecule has 11 heteroatoms. The quantitative estimate of drug-likeness (QED) is 0.392. The number of fused-ring (bicyclic) bond motifs is 1. The fourth-order valence-corrected chi connectivity index (χ4v) is 4.49. The van der Waals surface area contributed by atoms with Gasteiger partial charge in [0.25, 0.3) is 0 Å². The lowest BCUT2D eigenvalue weighted by molar-refractivity contribution is -0.237. The Hall–Kier alpha value is -2.92. The van der Waals surface area contributed by atoms with Crippen molar-refractivity contribution in [2.24, 2.45) is 7.05 Å². The first-order chi connectivity index (χ1) is 15.8. The molecule has 4 rings (SSSR count). The van der Waals surface area contributed by atoms with Crippen molar-refractivity contribution >= 4 is 23.0 Å². The van der Waals surface area contributed by atoms with Crippen LogP contribution in [0.2, 0.25) is 5.02 Å². The molecule has 1 aromatic heterocycles. The molecular weight excluding hydrogens is 448 g/mol. The summed E-state index contributed by atoms with van der Waals surface area (Å²) in [6.07, 6.45) is -1.95. The summed E-state index contributed by atoms with van der Waals surface area (Å²) < 4.78 is 17.3. The summed E-state index contributed by atoms with van der Waals surface area (Å²) in [6, 6.07) is 12.0. The van der Waals surface area contributed by atoms with Crippen molar-refractivity contribution < 1.29 is 19.3 Å². The standard InChI is InChI=1S/C22H27ClN6O4/c1-22(21(31-3)32-4)20(30)19(16-11-14(24)8-9-17(16)33-22)29(12-18-25-27-28(2)26-18)15-7-5-6-13(23)10-15/h5-11,19-21,30H,12,24H2,1-4H3/t19-,20+,22?/m1/s1. The van der Waals surface area contributed by atoms with Crippen LogP contribution in [0, 0.1) is 0 Å². The van der Waals surface area contributed by atoms with Crippen molar-refractivity contribution in [2.45, 2.75) is 37.5 Å². The minimum atomic E-state index is -1.25. The monoisotopic (exact) mass is 474 g/mol. The Bertz CT molecular complexity index is 1120. The predicted octanol–water partition coefficient (Wildman–Crippen LogP) is 2.32. The summed E-state index contributed by atoms with van der Waals surface area (Å²) in [5, 5.41) is 24.7. The number of aliphatic hydroxyl groups is 1. The molecule has 0 radical (unpaired) electrons. The van der Waals surface area contributed by atoms with Crippen LogP contribution in [-0.2, 0) is 23.1 Å². The molecule has 0 aliphatic carbocycles. The second-order valence-electron chi connectivity index (χ2n) is 8.08. The number of nitrogen functional groups attached to an aromatic ring is 1. The molecule has 0 bridgehead atoms. The highest BCUT2D eigenvalue weighted by molar-refractivity contribution is 6.30. The number of tetrazole rings is 1. The van der Waals surface area contributed by atoms with Crippen LogP contribution in [0.5, 0.6) is 5.75 Å². The van der Waals surface area contributed by atoms with Gasteiger partial charge in [0.2, 0.25) is 0 Å². The second kappa shape index (κ2) is 9.14. The van der Waals surface area contributed by atoms with Crippen LogP contribution in [0.3, 0.4) is 0 Å². The highest BCUT2D eigenvalue weighted by atomic mass is 35.5. The van der Waals surface area contributed by atoms with Gasteiger partial charge in [-0.1, -0.05) is 17.7 Å². The van der Waals surface area contributed by atoms with Crippen LogP contribution in [-0.4, -0.2) is 57.5 Å². The molecule has 2 heterocycles. The van der Waals surface area contributed by atoms with Gasteiger partial charge in [0, 0.05) is 36.2 Å². The molecule has 0 amide bonds.